The Bertz CT molecular complexity index is 1110. The summed E-state index contributed by atoms with van der Waals surface area (Å²) in [6.07, 6.45) is 1.60. The first-order chi connectivity index (χ1) is 14.0. The number of ether oxygens (including phenoxy) is 1. The third-order valence-corrected chi connectivity index (χ3v) is 4.96. The van der Waals surface area contributed by atoms with Crippen LogP contribution in [0.1, 0.15) is 11.5 Å². The van der Waals surface area contributed by atoms with E-state index in [2.05, 4.69) is 5.32 Å². The number of nitrogens with zero attached hydrogens (tertiary/aromatic N) is 1. The van der Waals surface area contributed by atoms with E-state index in [9.17, 15) is 4.79 Å². The Kier molecular flexibility index (Phi) is 5.58. The summed E-state index contributed by atoms with van der Waals surface area (Å²) in [5.74, 6) is 1.28. The molecule has 4 rings (SSSR count). The molecule has 1 saturated heterocycles. The third-order valence-electron chi connectivity index (χ3n) is 4.12. The fraction of sp³-hybridized carbons (Fsp3) is 0.0476. The number of thiocarbonyl (C=S) groups is 1. The number of anilines is 1. The van der Waals surface area contributed by atoms with Gasteiger partial charge >= 0.3 is 0 Å². The molecule has 1 aliphatic rings. The molecule has 2 heterocycles. The third kappa shape index (κ3) is 4.29. The molecule has 3 aromatic rings. The Morgan fingerprint density at radius 1 is 1.10 bits per heavy atom. The molecule has 0 atom stereocenters. The number of amides is 1. The fourth-order valence-corrected chi connectivity index (χ4v) is 3.41. The summed E-state index contributed by atoms with van der Waals surface area (Å²) in [6.45, 7) is 0.166. The van der Waals surface area contributed by atoms with Crippen LogP contribution in [-0.4, -0.2) is 11.0 Å². The average molecular weight is 445 g/mol. The molecule has 0 unspecified atom stereocenters. The fourth-order valence-electron chi connectivity index (χ4n) is 2.78. The zero-order chi connectivity index (χ0) is 20.4. The van der Waals surface area contributed by atoms with Crippen molar-refractivity contribution in [2.24, 2.45) is 0 Å². The highest BCUT2D eigenvalue weighted by molar-refractivity contribution is 7.80. The molecule has 29 heavy (non-hydrogen) atoms. The monoisotopic (exact) mass is 444 g/mol. The second-order valence-corrected chi connectivity index (χ2v) is 7.36. The number of rotatable bonds is 5. The first kappa shape index (κ1) is 19.5. The van der Waals surface area contributed by atoms with Crippen LogP contribution < -0.4 is 15.0 Å². The van der Waals surface area contributed by atoms with E-state index in [1.54, 1.807) is 36.4 Å². The van der Waals surface area contributed by atoms with E-state index in [1.807, 2.05) is 30.3 Å². The first-order valence-corrected chi connectivity index (χ1v) is 9.76. The quantitative estimate of drug-likeness (QED) is 0.420. The van der Waals surface area contributed by atoms with E-state index in [4.69, 9.17) is 44.6 Å². The molecular formula is C21H14Cl2N2O3S. The second-order valence-electron chi connectivity index (χ2n) is 6.13. The summed E-state index contributed by atoms with van der Waals surface area (Å²) in [7, 11) is 0. The molecule has 0 aliphatic carbocycles. The highest BCUT2D eigenvalue weighted by Gasteiger charge is 2.32. The van der Waals surface area contributed by atoms with Crippen LogP contribution in [0, 0.1) is 0 Å². The minimum atomic E-state index is -0.249. The van der Waals surface area contributed by atoms with Gasteiger partial charge in [0, 0.05) is 17.2 Å². The van der Waals surface area contributed by atoms with Gasteiger partial charge in [-0.25, -0.2) is 0 Å². The number of hydrogen-bond donors (Lipinski definition) is 1. The van der Waals surface area contributed by atoms with Crippen LogP contribution in [0.25, 0.3) is 6.08 Å². The molecule has 1 amide bonds. The van der Waals surface area contributed by atoms with Crippen molar-refractivity contribution in [3.05, 3.63) is 87.9 Å². The largest absolute Gasteiger partial charge is 0.484 e. The zero-order valence-electron chi connectivity index (χ0n) is 14.9. The molecule has 0 spiro atoms. The molecule has 5 nitrogen and oxygen atoms in total. The number of carbonyl (C=O) groups excluding carboxylic acids is 1. The Labute approximate surface area is 182 Å². The molecule has 1 aliphatic heterocycles. The number of nitrogens with one attached hydrogen (secondary N) is 1. The van der Waals surface area contributed by atoms with Gasteiger partial charge in [-0.3, -0.25) is 9.69 Å². The zero-order valence-corrected chi connectivity index (χ0v) is 17.2. The van der Waals surface area contributed by atoms with Crippen LogP contribution in [0.2, 0.25) is 10.0 Å². The van der Waals surface area contributed by atoms with Gasteiger partial charge in [-0.2, -0.15) is 0 Å². The van der Waals surface area contributed by atoms with Crippen molar-refractivity contribution < 1.29 is 13.9 Å². The van der Waals surface area contributed by atoms with Gasteiger partial charge in [-0.05, 0) is 48.6 Å². The summed E-state index contributed by atoms with van der Waals surface area (Å²) in [5.41, 5.74) is 1.03. The van der Waals surface area contributed by atoms with Crippen molar-refractivity contribution in [2.45, 2.75) is 6.61 Å². The van der Waals surface area contributed by atoms with Gasteiger partial charge in [0.1, 0.15) is 29.6 Å². The van der Waals surface area contributed by atoms with Crippen LogP contribution in [0.15, 0.2) is 70.8 Å². The highest BCUT2D eigenvalue weighted by Crippen LogP contribution is 2.29. The molecule has 1 aromatic heterocycles. The van der Waals surface area contributed by atoms with Crippen LogP contribution >= 0.6 is 35.4 Å². The number of hydrogen-bond acceptors (Lipinski definition) is 4. The van der Waals surface area contributed by atoms with E-state index >= 15 is 0 Å². The number of carbonyl (C=O) groups is 1. The topological polar surface area (TPSA) is 54.7 Å². The molecule has 146 valence electrons. The lowest BCUT2D eigenvalue weighted by molar-refractivity contribution is -0.113. The molecular weight excluding hydrogens is 431 g/mol. The second kappa shape index (κ2) is 8.29. The predicted octanol–water partition coefficient (Wildman–Crippen LogP) is 5.43. The van der Waals surface area contributed by atoms with E-state index in [0.29, 0.717) is 43.8 Å². The van der Waals surface area contributed by atoms with Gasteiger partial charge < -0.3 is 14.5 Å². The van der Waals surface area contributed by atoms with Crippen LogP contribution in [0.4, 0.5) is 5.69 Å². The van der Waals surface area contributed by atoms with Crippen molar-refractivity contribution in [3.63, 3.8) is 0 Å². The Morgan fingerprint density at radius 3 is 2.69 bits per heavy atom. The SMILES string of the molecule is O=C1/C(=C\c2ccc(COc3cc(Cl)ccc3Cl)o2)NC(=S)N1c1ccccc1. The molecule has 8 heteroatoms. The van der Waals surface area contributed by atoms with E-state index < -0.39 is 0 Å². The summed E-state index contributed by atoms with van der Waals surface area (Å²) in [6, 6.07) is 17.7. The van der Waals surface area contributed by atoms with E-state index in [1.165, 1.54) is 4.90 Å². The molecule has 0 bridgehead atoms. The maximum absolute atomic E-state index is 12.7. The minimum absolute atomic E-state index is 0.166. The molecule has 2 aromatic carbocycles. The number of halogens is 2. The lowest BCUT2D eigenvalue weighted by Crippen LogP contribution is -2.30. The van der Waals surface area contributed by atoms with Gasteiger partial charge in [-0.15, -0.1) is 0 Å². The Balaban J connectivity index is 1.47. The van der Waals surface area contributed by atoms with Crippen LogP contribution in [0.3, 0.4) is 0 Å². The summed E-state index contributed by atoms with van der Waals surface area (Å²) in [5, 5.41) is 4.23. The van der Waals surface area contributed by atoms with Gasteiger partial charge in [0.05, 0.1) is 10.7 Å². The first-order valence-electron chi connectivity index (χ1n) is 8.60. The predicted molar refractivity (Wildman–Crippen MR) is 117 cm³/mol. The van der Waals surface area contributed by atoms with Crippen molar-refractivity contribution in [1.29, 1.82) is 0 Å². The molecule has 0 radical (unpaired) electrons. The van der Waals surface area contributed by atoms with Gasteiger partial charge in [0.2, 0.25) is 0 Å². The van der Waals surface area contributed by atoms with Crippen molar-refractivity contribution in [2.75, 3.05) is 4.90 Å². The smallest absolute Gasteiger partial charge is 0.281 e. The van der Waals surface area contributed by atoms with Gasteiger partial charge in [0.15, 0.2) is 5.11 Å². The maximum atomic E-state index is 12.7. The van der Waals surface area contributed by atoms with Crippen LogP contribution in [-0.2, 0) is 11.4 Å². The lowest BCUT2D eigenvalue weighted by Gasteiger charge is -2.13. The average Bonchev–Trinajstić information content (AvgIpc) is 3.27. The summed E-state index contributed by atoms with van der Waals surface area (Å²) >= 11 is 17.3. The van der Waals surface area contributed by atoms with Crippen molar-refractivity contribution >= 4 is 58.2 Å². The Hall–Kier alpha value is -2.80. The summed E-state index contributed by atoms with van der Waals surface area (Å²) in [4.78, 5) is 14.2. The Morgan fingerprint density at radius 2 is 1.90 bits per heavy atom. The van der Waals surface area contributed by atoms with E-state index in [-0.39, 0.29) is 12.5 Å². The van der Waals surface area contributed by atoms with Gasteiger partial charge in [0.25, 0.3) is 5.91 Å². The molecule has 1 N–H and O–H groups in total. The molecule has 0 saturated carbocycles. The number of para-hydroxylation sites is 1. The van der Waals surface area contributed by atoms with Crippen LogP contribution in [0.5, 0.6) is 5.75 Å². The highest BCUT2D eigenvalue weighted by atomic mass is 35.5. The van der Waals surface area contributed by atoms with E-state index in [0.717, 1.165) is 0 Å². The standard InChI is InChI=1S/C21H14Cl2N2O3S/c22-13-6-9-17(23)19(10-13)27-12-16-8-7-15(28-16)11-18-20(26)25(21(29)24-18)14-4-2-1-3-5-14/h1-11H,12H2,(H,24,29)/b18-11+. The van der Waals surface area contributed by atoms with Crippen molar-refractivity contribution in [3.8, 4) is 5.75 Å². The van der Waals surface area contributed by atoms with Crippen molar-refractivity contribution in [1.82, 2.24) is 5.32 Å². The number of benzene rings is 2. The number of furan rings is 1. The minimum Gasteiger partial charge on any atom is -0.484 e. The molecule has 1 fully saturated rings. The summed E-state index contributed by atoms with van der Waals surface area (Å²) < 4.78 is 11.4. The normalized spacial score (nSPS) is 15.1. The van der Waals surface area contributed by atoms with Gasteiger partial charge in [-0.1, -0.05) is 41.4 Å². The lowest BCUT2D eigenvalue weighted by atomic mass is 10.3. The maximum Gasteiger partial charge on any atom is 0.281 e.